The van der Waals surface area contributed by atoms with Crippen molar-refractivity contribution in [1.82, 2.24) is 9.38 Å². The molecule has 3 heterocycles. The number of anilines is 1. The number of pyridine rings is 1. The third-order valence-electron chi connectivity index (χ3n) is 2.88. The monoisotopic (exact) mass is 243 g/mol. The third-order valence-corrected chi connectivity index (χ3v) is 3.76. The Morgan fingerprint density at radius 3 is 2.82 bits per heavy atom. The topological polar surface area (TPSA) is 43.3 Å². The van der Waals surface area contributed by atoms with Crippen LogP contribution in [0.25, 0.3) is 16.9 Å². The number of fused-ring (bicyclic) bond motifs is 1. The van der Waals surface area contributed by atoms with Gasteiger partial charge >= 0.3 is 0 Å². The number of rotatable bonds is 1. The van der Waals surface area contributed by atoms with E-state index in [9.17, 15) is 0 Å². The molecule has 0 unspecified atom stereocenters. The summed E-state index contributed by atoms with van der Waals surface area (Å²) in [5.41, 5.74) is 10.3. The minimum atomic E-state index is 0.847. The SMILES string of the molecule is Cc1ccn2c(-c3cc(N)sc3C)cnc2c1. The number of nitrogens with zero attached hydrogens (tertiary/aromatic N) is 2. The smallest absolute Gasteiger partial charge is 0.137 e. The van der Waals surface area contributed by atoms with Crippen LogP contribution in [0.4, 0.5) is 5.00 Å². The molecular formula is C13H13N3S. The van der Waals surface area contributed by atoms with Crippen molar-refractivity contribution in [2.24, 2.45) is 0 Å². The van der Waals surface area contributed by atoms with Crippen LogP contribution in [0.2, 0.25) is 0 Å². The lowest BCUT2D eigenvalue weighted by Crippen LogP contribution is -1.88. The molecule has 0 radical (unpaired) electrons. The van der Waals surface area contributed by atoms with E-state index in [-0.39, 0.29) is 0 Å². The number of aryl methyl sites for hydroxylation is 2. The van der Waals surface area contributed by atoms with Crippen molar-refractivity contribution in [3.63, 3.8) is 0 Å². The van der Waals surface area contributed by atoms with Crippen LogP contribution in [0.5, 0.6) is 0 Å². The summed E-state index contributed by atoms with van der Waals surface area (Å²) in [6.45, 7) is 4.16. The van der Waals surface area contributed by atoms with E-state index >= 15 is 0 Å². The van der Waals surface area contributed by atoms with Gasteiger partial charge in [0, 0.05) is 16.6 Å². The second-order valence-electron chi connectivity index (χ2n) is 4.19. The van der Waals surface area contributed by atoms with Crippen molar-refractivity contribution in [3.05, 3.63) is 41.0 Å². The van der Waals surface area contributed by atoms with Gasteiger partial charge in [-0.2, -0.15) is 0 Å². The lowest BCUT2D eigenvalue weighted by atomic mass is 10.2. The van der Waals surface area contributed by atoms with Gasteiger partial charge in [0.25, 0.3) is 0 Å². The third kappa shape index (κ3) is 1.61. The zero-order chi connectivity index (χ0) is 12.0. The summed E-state index contributed by atoms with van der Waals surface area (Å²) in [6.07, 6.45) is 3.96. The summed E-state index contributed by atoms with van der Waals surface area (Å²) in [6, 6.07) is 6.18. The first-order chi connectivity index (χ1) is 8.15. The predicted octanol–water partition coefficient (Wildman–Crippen LogP) is 3.26. The highest BCUT2D eigenvalue weighted by Crippen LogP contribution is 2.32. The summed E-state index contributed by atoms with van der Waals surface area (Å²) in [4.78, 5) is 5.66. The van der Waals surface area contributed by atoms with Crippen LogP contribution < -0.4 is 5.73 Å². The fraction of sp³-hybridized carbons (Fsp3) is 0.154. The first-order valence-electron chi connectivity index (χ1n) is 5.45. The van der Waals surface area contributed by atoms with Crippen LogP contribution in [0, 0.1) is 13.8 Å². The summed E-state index contributed by atoms with van der Waals surface area (Å²) in [7, 11) is 0. The Morgan fingerprint density at radius 2 is 2.12 bits per heavy atom. The van der Waals surface area contributed by atoms with Crippen molar-refractivity contribution in [1.29, 1.82) is 0 Å². The minimum Gasteiger partial charge on any atom is -0.391 e. The zero-order valence-corrected chi connectivity index (χ0v) is 10.6. The highest BCUT2D eigenvalue weighted by molar-refractivity contribution is 7.16. The molecule has 0 bridgehead atoms. The second-order valence-corrected chi connectivity index (χ2v) is 5.48. The first-order valence-corrected chi connectivity index (χ1v) is 6.27. The lowest BCUT2D eigenvalue weighted by Gasteiger charge is -2.01. The maximum absolute atomic E-state index is 5.84. The Morgan fingerprint density at radius 1 is 1.29 bits per heavy atom. The molecule has 86 valence electrons. The normalized spacial score (nSPS) is 11.2. The molecule has 17 heavy (non-hydrogen) atoms. The van der Waals surface area contributed by atoms with Crippen molar-refractivity contribution >= 4 is 22.0 Å². The standard InChI is InChI=1S/C13H13N3S/c1-8-3-4-16-11(7-15-13(16)5-8)10-6-12(14)17-9(10)2/h3-7H,14H2,1-2H3. The predicted molar refractivity (Wildman–Crippen MR) is 72.4 cm³/mol. The van der Waals surface area contributed by atoms with E-state index in [1.165, 1.54) is 16.0 Å². The van der Waals surface area contributed by atoms with Gasteiger partial charge in [-0.05, 0) is 37.6 Å². The van der Waals surface area contributed by atoms with E-state index in [1.807, 2.05) is 12.3 Å². The van der Waals surface area contributed by atoms with E-state index in [0.29, 0.717) is 0 Å². The average molecular weight is 243 g/mol. The van der Waals surface area contributed by atoms with Gasteiger partial charge in [-0.1, -0.05) is 0 Å². The van der Waals surface area contributed by atoms with Gasteiger partial charge in [-0.15, -0.1) is 11.3 Å². The van der Waals surface area contributed by atoms with Gasteiger partial charge in [0.2, 0.25) is 0 Å². The van der Waals surface area contributed by atoms with Crippen molar-refractivity contribution < 1.29 is 0 Å². The zero-order valence-electron chi connectivity index (χ0n) is 9.77. The number of hydrogen-bond acceptors (Lipinski definition) is 3. The molecule has 0 aliphatic carbocycles. The summed E-state index contributed by atoms with van der Waals surface area (Å²) in [5.74, 6) is 0. The average Bonchev–Trinajstić information content (AvgIpc) is 2.81. The molecule has 0 aromatic carbocycles. The molecule has 0 saturated carbocycles. The van der Waals surface area contributed by atoms with Crippen molar-refractivity contribution in [3.8, 4) is 11.3 Å². The minimum absolute atomic E-state index is 0.847. The van der Waals surface area contributed by atoms with Gasteiger partial charge in [-0.25, -0.2) is 4.98 Å². The van der Waals surface area contributed by atoms with Gasteiger partial charge in [-0.3, -0.25) is 4.40 Å². The Balaban J connectivity index is 2.28. The van der Waals surface area contributed by atoms with Gasteiger partial charge in [0.15, 0.2) is 0 Å². The highest BCUT2D eigenvalue weighted by Gasteiger charge is 2.10. The molecule has 0 atom stereocenters. The summed E-state index contributed by atoms with van der Waals surface area (Å²) in [5, 5.41) is 0.847. The van der Waals surface area contributed by atoms with Gasteiger partial charge in [0.05, 0.1) is 16.9 Å². The molecule has 0 saturated heterocycles. The molecule has 4 heteroatoms. The van der Waals surface area contributed by atoms with Crippen LogP contribution in [-0.4, -0.2) is 9.38 Å². The van der Waals surface area contributed by atoms with Gasteiger partial charge in [0.1, 0.15) is 5.65 Å². The number of nitrogen functional groups attached to an aromatic ring is 1. The lowest BCUT2D eigenvalue weighted by molar-refractivity contribution is 1.17. The van der Waals surface area contributed by atoms with Crippen LogP contribution in [-0.2, 0) is 0 Å². The summed E-state index contributed by atoms with van der Waals surface area (Å²) >= 11 is 1.62. The van der Waals surface area contributed by atoms with Crippen molar-refractivity contribution in [2.45, 2.75) is 13.8 Å². The molecule has 3 aromatic rings. The first kappa shape index (κ1) is 10.4. The largest absolute Gasteiger partial charge is 0.391 e. The van der Waals surface area contributed by atoms with E-state index in [2.05, 4.69) is 41.6 Å². The number of thiophene rings is 1. The Kier molecular flexibility index (Phi) is 2.19. The number of imidazole rings is 1. The number of nitrogens with two attached hydrogens (primary N) is 1. The van der Waals surface area contributed by atoms with E-state index in [4.69, 9.17) is 5.73 Å². The molecule has 0 aliphatic heterocycles. The highest BCUT2D eigenvalue weighted by atomic mass is 32.1. The Hall–Kier alpha value is -1.81. The molecule has 0 aliphatic rings. The Bertz CT molecular complexity index is 694. The molecule has 2 N–H and O–H groups in total. The van der Waals surface area contributed by atoms with E-state index < -0.39 is 0 Å². The van der Waals surface area contributed by atoms with Crippen LogP contribution in [0.3, 0.4) is 0 Å². The second kappa shape index (κ2) is 3.60. The molecule has 3 nitrogen and oxygen atoms in total. The molecule has 0 amide bonds. The summed E-state index contributed by atoms with van der Waals surface area (Å²) < 4.78 is 2.10. The fourth-order valence-corrected chi connectivity index (χ4v) is 2.84. The molecule has 0 fully saturated rings. The van der Waals surface area contributed by atoms with Gasteiger partial charge < -0.3 is 5.73 Å². The molecule has 0 spiro atoms. The fourth-order valence-electron chi connectivity index (χ4n) is 2.04. The Labute approximate surface area is 104 Å². The number of aromatic nitrogens is 2. The van der Waals surface area contributed by atoms with Crippen LogP contribution in [0.15, 0.2) is 30.6 Å². The quantitative estimate of drug-likeness (QED) is 0.713. The maximum Gasteiger partial charge on any atom is 0.137 e. The molecular weight excluding hydrogens is 230 g/mol. The van der Waals surface area contributed by atoms with Crippen LogP contribution >= 0.6 is 11.3 Å². The number of hydrogen-bond donors (Lipinski definition) is 1. The van der Waals surface area contributed by atoms with Crippen LogP contribution in [0.1, 0.15) is 10.4 Å². The van der Waals surface area contributed by atoms with E-state index in [0.717, 1.165) is 16.3 Å². The van der Waals surface area contributed by atoms with E-state index in [1.54, 1.807) is 11.3 Å². The molecule has 3 aromatic heterocycles. The maximum atomic E-state index is 5.84. The molecule has 3 rings (SSSR count). The van der Waals surface area contributed by atoms with Crippen molar-refractivity contribution in [2.75, 3.05) is 5.73 Å².